The average molecular weight is 187 g/mol. The Kier molecular flexibility index (Phi) is 2.15. The first-order chi connectivity index (χ1) is 5.45. The van der Waals surface area contributed by atoms with Crippen LogP contribution in [-0.4, -0.2) is 21.9 Å². The monoisotopic (exact) mass is 186 g/mol. The smallest absolute Gasteiger partial charge is 0.195 e. The summed E-state index contributed by atoms with van der Waals surface area (Å²) in [7, 11) is 0. The molecule has 0 heterocycles. The number of hydrogen-bond donors (Lipinski definition) is 1. The highest BCUT2D eigenvalue weighted by molar-refractivity contribution is 6.29. The normalized spacial score (nSPS) is 36.0. The number of halogens is 1. The molecule has 66 valence electrons. The highest BCUT2D eigenvalue weighted by Crippen LogP contribution is 2.36. The Morgan fingerprint density at radius 1 is 1.67 bits per heavy atom. The maximum Gasteiger partial charge on any atom is 0.195 e. The van der Waals surface area contributed by atoms with Gasteiger partial charge in [-0.15, -0.1) is 11.6 Å². The van der Waals surface area contributed by atoms with Crippen LogP contribution in [0.2, 0.25) is 0 Å². The summed E-state index contributed by atoms with van der Waals surface area (Å²) in [6, 6.07) is 0. The van der Waals surface area contributed by atoms with Crippen molar-refractivity contribution in [2.75, 3.05) is 0 Å². The maximum absolute atomic E-state index is 11.4. The minimum absolute atomic E-state index is 0.338. The van der Waals surface area contributed by atoms with Gasteiger partial charge in [-0.3, -0.25) is 4.79 Å². The molecule has 0 saturated carbocycles. The Morgan fingerprint density at radius 3 is 2.33 bits per heavy atom. The van der Waals surface area contributed by atoms with Crippen molar-refractivity contribution >= 4 is 17.4 Å². The number of rotatable bonds is 1. The molecule has 0 aromatic rings. The lowest BCUT2D eigenvalue weighted by molar-refractivity contribution is -0.127. The minimum Gasteiger partial charge on any atom is -0.376 e. The lowest BCUT2D eigenvalue weighted by Gasteiger charge is -2.20. The van der Waals surface area contributed by atoms with Gasteiger partial charge in [0, 0.05) is 0 Å². The second-order valence-electron chi connectivity index (χ2n) is 3.03. The molecule has 0 bridgehead atoms. The van der Waals surface area contributed by atoms with Crippen molar-refractivity contribution in [1.29, 1.82) is 0 Å². The number of aliphatic hydroxyl groups is 1. The average Bonchev–Trinajstić information content (AvgIpc) is 2.22. The zero-order chi connectivity index (χ0) is 9.52. The van der Waals surface area contributed by atoms with Gasteiger partial charge in [-0.2, -0.15) is 0 Å². The number of hydrogen-bond acceptors (Lipinski definition) is 2. The molecule has 0 saturated heterocycles. The van der Waals surface area contributed by atoms with Crippen LogP contribution in [0.15, 0.2) is 23.8 Å². The minimum atomic E-state index is -1.59. The Balaban J connectivity index is 3.20. The van der Waals surface area contributed by atoms with Crippen LogP contribution in [0.5, 0.6) is 0 Å². The van der Waals surface area contributed by atoms with Gasteiger partial charge >= 0.3 is 0 Å². The molecule has 2 atom stereocenters. The molecule has 2 nitrogen and oxygen atoms in total. The van der Waals surface area contributed by atoms with Crippen molar-refractivity contribution in [2.24, 2.45) is 0 Å². The molecule has 0 aromatic heterocycles. The van der Waals surface area contributed by atoms with E-state index in [-0.39, 0.29) is 5.78 Å². The van der Waals surface area contributed by atoms with Gasteiger partial charge in [0.15, 0.2) is 11.4 Å². The van der Waals surface area contributed by atoms with E-state index in [0.29, 0.717) is 5.57 Å². The molecule has 0 radical (unpaired) electrons. The van der Waals surface area contributed by atoms with Crippen molar-refractivity contribution in [3.05, 3.63) is 23.8 Å². The van der Waals surface area contributed by atoms with Gasteiger partial charge in [0.05, 0.1) is 5.38 Å². The van der Waals surface area contributed by atoms with Crippen LogP contribution in [-0.2, 0) is 4.79 Å². The fourth-order valence-corrected chi connectivity index (χ4v) is 1.66. The van der Waals surface area contributed by atoms with Crippen LogP contribution in [0.25, 0.3) is 0 Å². The van der Waals surface area contributed by atoms with E-state index in [1.165, 1.54) is 6.08 Å². The largest absolute Gasteiger partial charge is 0.376 e. The molecule has 3 heteroatoms. The van der Waals surface area contributed by atoms with Crippen molar-refractivity contribution in [3.8, 4) is 0 Å². The van der Waals surface area contributed by atoms with E-state index in [4.69, 9.17) is 11.6 Å². The second-order valence-corrected chi connectivity index (χ2v) is 3.47. The fourth-order valence-electron chi connectivity index (χ4n) is 1.31. The van der Waals surface area contributed by atoms with E-state index in [9.17, 15) is 9.90 Å². The Hall–Kier alpha value is -0.600. The second kappa shape index (κ2) is 2.71. The first-order valence-electron chi connectivity index (χ1n) is 3.67. The lowest BCUT2D eigenvalue weighted by Crippen LogP contribution is -2.40. The van der Waals surface area contributed by atoms with Crippen molar-refractivity contribution < 1.29 is 9.90 Å². The predicted octanol–water partition coefficient (Wildman–Crippen LogP) is 1.43. The quantitative estimate of drug-likeness (QED) is 0.497. The number of carbonyl (C=O) groups is 1. The number of ketones is 1. The van der Waals surface area contributed by atoms with Gasteiger partial charge < -0.3 is 5.11 Å². The molecule has 1 aliphatic rings. The first kappa shape index (κ1) is 9.49. The van der Waals surface area contributed by atoms with Crippen LogP contribution in [0.3, 0.4) is 0 Å². The first-order valence-corrected chi connectivity index (χ1v) is 4.11. The van der Waals surface area contributed by atoms with E-state index in [1.54, 1.807) is 13.8 Å². The molecule has 0 aromatic carbocycles. The molecule has 1 rings (SSSR count). The van der Waals surface area contributed by atoms with Gasteiger partial charge in [0.25, 0.3) is 0 Å². The molecule has 0 fully saturated rings. The van der Waals surface area contributed by atoms with Gasteiger partial charge in [-0.1, -0.05) is 12.7 Å². The molecule has 0 amide bonds. The third kappa shape index (κ3) is 0.952. The molecule has 1 aliphatic carbocycles. The van der Waals surface area contributed by atoms with E-state index in [2.05, 4.69) is 6.58 Å². The number of alkyl halides is 1. The van der Waals surface area contributed by atoms with Crippen LogP contribution in [0, 0.1) is 0 Å². The van der Waals surface area contributed by atoms with Crippen molar-refractivity contribution in [3.63, 3.8) is 0 Å². The summed E-state index contributed by atoms with van der Waals surface area (Å²) >= 11 is 5.86. The van der Waals surface area contributed by atoms with E-state index >= 15 is 0 Å². The summed E-state index contributed by atoms with van der Waals surface area (Å²) in [6.45, 7) is 6.81. The Bertz CT molecular complexity index is 280. The van der Waals surface area contributed by atoms with E-state index in [1.807, 2.05) is 0 Å². The molecule has 0 spiro atoms. The van der Waals surface area contributed by atoms with Gasteiger partial charge in [0.2, 0.25) is 0 Å². The molecular formula is C9H11ClO2. The van der Waals surface area contributed by atoms with Crippen molar-refractivity contribution in [1.82, 2.24) is 0 Å². The Morgan fingerprint density at radius 2 is 2.17 bits per heavy atom. The summed E-state index contributed by atoms with van der Waals surface area (Å²) in [4.78, 5) is 11.4. The van der Waals surface area contributed by atoms with E-state index < -0.39 is 11.0 Å². The predicted molar refractivity (Wildman–Crippen MR) is 48.2 cm³/mol. The molecule has 12 heavy (non-hydrogen) atoms. The van der Waals surface area contributed by atoms with Crippen LogP contribution >= 0.6 is 11.6 Å². The molecule has 0 aliphatic heterocycles. The maximum atomic E-state index is 11.4. The van der Waals surface area contributed by atoms with E-state index in [0.717, 1.165) is 5.57 Å². The molecule has 0 unspecified atom stereocenters. The zero-order valence-electron chi connectivity index (χ0n) is 7.10. The van der Waals surface area contributed by atoms with Crippen LogP contribution in [0.4, 0.5) is 0 Å². The van der Waals surface area contributed by atoms with Gasteiger partial charge in [-0.05, 0) is 25.0 Å². The van der Waals surface area contributed by atoms with Gasteiger partial charge in [0.1, 0.15) is 0 Å². The summed E-state index contributed by atoms with van der Waals surface area (Å²) in [5.74, 6) is -0.338. The van der Waals surface area contributed by atoms with Crippen LogP contribution in [0.1, 0.15) is 13.8 Å². The summed E-state index contributed by atoms with van der Waals surface area (Å²) in [5, 5.41) is 9.07. The van der Waals surface area contributed by atoms with Gasteiger partial charge in [-0.25, -0.2) is 0 Å². The topological polar surface area (TPSA) is 37.3 Å². The number of Topliss-reactive ketones (excluding diaryl/α,β-unsaturated/α-hetero) is 1. The number of carbonyl (C=O) groups excluding carboxylic acids is 1. The van der Waals surface area contributed by atoms with Crippen molar-refractivity contribution in [2.45, 2.75) is 24.8 Å². The third-order valence-electron chi connectivity index (χ3n) is 2.37. The summed E-state index contributed by atoms with van der Waals surface area (Å²) in [6.07, 6.45) is 1.20. The fraction of sp³-hybridized carbons (Fsp3) is 0.444. The SMILES string of the molecule is C=C[C@]1(O)C(=O)C(C)=C(C)[C@H]1Cl. The molecular weight excluding hydrogens is 176 g/mol. The highest BCUT2D eigenvalue weighted by Gasteiger charge is 2.47. The lowest BCUT2D eigenvalue weighted by atomic mass is 9.98. The summed E-state index contributed by atoms with van der Waals surface area (Å²) < 4.78 is 0. The standard InChI is InChI=1S/C9H11ClO2/c1-4-9(12)7(10)5(2)6(3)8(9)11/h4,7,12H,1H2,2-3H3/t7-,9-/m1/s1. The van der Waals surface area contributed by atoms with Crippen LogP contribution < -0.4 is 0 Å². The molecule has 1 N–H and O–H groups in total. The highest BCUT2D eigenvalue weighted by atomic mass is 35.5. The zero-order valence-corrected chi connectivity index (χ0v) is 7.85. The third-order valence-corrected chi connectivity index (χ3v) is 3.03. The summed E-state index contributed by atoms with van der Waals surface area (Å²) in [5.41, 5.74) is -0.322. The Labute approximate surface area is 76.5 Å².